The second-order valence-corrected chi connectivity index (χ2v) is 8.50. The number of hydrogen-bond acceptors (Lipinski definition) is 7. The van der Waals surface area contributed by atoms with Crippen LogP contribution in [0.5, 0.6) is 5.75 Å². The van der Waals surface area contributed by atoms with Crippen LogP contribution in [0.15, 0.2) is 37.0 Å². The molecule has 2 aromatic rings. The zero-order chi connectivity index (χ0) is 24.9. The maximum Gasteiger partial charge on any atom is 0.263 e. The molecule has 1 unspecified atom stereocenters. The zero-order valence-electron chi connectivity index (χ0n) is 20.0. The molecule has 2 aliphatic rings. The smallest absolute Gasteiger partial charge is 0.263 e. The summed E-state index contributed by atoms with van der Waals surface area (Å²) in [5.41, 5.74) is 2.14. The van der Waals surface area contributed by atoms with Gasteiger partial charge in [0.1, 0.15) is 11.6 Å². The number of anilines is 3. The standard InChI is InChI=1S/C25H30FN5O4/c1-4-31(21-8-7-20-25(28-21)29-22(32)15-35-20)14-17(34-3)9-11-27-12-10-18-19(26)6-5-16-13-23(33)30(2)24(16)18/h4-8,17,27H,1,9-15H2,2-3H3,(H,28,29,32). The molecule has 2 amide bonds. The number of rotatable bonds is 11. The number of fused-ring (bicyclic) bond motifs is 2. The van der Waals surface area contributed by atoms with Gasteiger partial charge < -0.3 is 29.9 Å². The van der Waals surface area contributed by atoms with E-state index < -0.39 is 0 Å². The first kappa shape index (κ1) is 24.6. The van der Waals surface area contributed by atoms with Gasteiger partial charge in [-0.3, -0.25) is 9.59 Å². The molecule has 3 heterocycles. The molecule has 4 rings (SSSR count). The van der Waals surface area contributed by atoms with Crippen molar-refractivity contribution >= 4 is 29.1 Å². The van der Waals surface area contributed by atoms with Gasteiger partial charge in [-0.05, 0) is 55.9 Å². The molecule has 186 valence electrons. The Labute approximate surface area is 203 Å². The molecule has 35 heavy (non-hydrogen) atoms. The average Bonchev–Trinajstić information content (AvgIpc) is 3.15. The SMILES string of the molecule is C=CN(CC(CCNCCc1c(F)ccc2c1N(C)C(=O)C2)OC)c1ccc2c(n1)NC(=O)CO2. The Morgan fingerprint density at radius 2 is 2.17 bits per heavy atom. The lowest BCUT2D eigenvalue weighted by atomic mass is 10.0. The molecule has 1 aromatic carbocycles. The van der Waals surface area contributed by atoms with Gasteiger partial charge in [0.15, 0.2) is 18.2 Å². The van der Waals surface area contributed by atoms with Crippen molar-refractivity contribution in [3.8, 4) is 5.75 Å². The number of nitrogens with zero attached hydrogens (tertiary/aromatic N) is 3. The van der Waals surface area contributed by atoms with E-state index in [1.54, 1.807) is 43.5 Å². The van der Waals surface area contributed by atoms with Crippen molar-refractivity contribution in [2.75, 3.05) is 55.5 Å². The van der Waals surface area contributed by atoms with E-state index in [1.165, 1.54) is 6.07 Å². The number of likely N-dealkylation sites (N-methyl/N-ethyl adjacent to an activating group) is 1. The van der Waals surface area contributed by atoms with Crippen LogP contribution in [0.4, 0.5) is 21.7 Å². The summed E-state index contributed by atoms with van der Waals surface area (Å²) in [5.74, 6) is 0.980. The van der Waals surface area contributed by atoms with E-state index >= 15 is 0 Å². The molecule has 0 bridgehead atoms. The van der Waals surface area contributed by atoms with Gasteiger partial charge in [-0.2, -0.15) is 0 Å². The maximum absolute atomic E-state index is 14.5. The third-order valence-electron chi connectivity index (χ3n) is 6.26. The Balaban J connectivity index is 1.29. The van der Waals surface area contributed by atoms with Crippen LogP contribution in [0.25, 0.3) is 0 Å². The largest absolute Gasteiger partial charge is 0.480 e. The highest BCUT2D eigenvalue weighted by Crippen LogP contribution is 2.33. The van der Waals surface area contributed by atoms with Crippen LogP contribution in [0.1, 0.15) is 17.5 Å². The Kier molecular flexibility index (Phi) is 7.62. The number of aromatic nitrogens is 1. The lowest BCUT2D eigenvalue weighted by Gasteiger charge is -2.26. The predicted molar refractivity (Wildman–Crippen MR) is 131 cm³/mol. The van der Waals surface area contributed by atoms with Crippen molar-refractivity contribution in [3.63, 3.8) is 0 Å². The number of benzene rings is 1. The van der Waals surface area contributed by atoms with Crippen molar-refractivity contribution in [1.82, 2.24) is 10.3 Å². The third kappa shape index (κ3) is 5.44. The summed E-state index contributed by atoms with van der Waals surface area (Å²) < 4.78 is 25.5. The van der Waals surface area contributed by atoms with Gasteiger partial charge in [-0.1, -0.05) is 12.6 Å². The van der Waals surface area contributed by atoms with Crippen LogP contribution in [0, 0.1) is 5.82 Å². The lowest BCUT2D eigenvalue weighted by molar-refractivity contribution is -0.119. The number of amides is 2. The highest BCUT2D eigenvalue weighted by molar-refractivity contribution is 6.01. The summed E-state index contributed by atoms with van der Waals surface area (Å²) in [5, 5.41) is 6.05. The highest BCUT2D eigenvalue weighted by atomic mass is 19.1. The van der Waals surface area contributed by atoms with E-state index in [0.717, 1.165) is 5.56 Å². The van der Waals surface area contributed by atoms with Crippen LogP contribution in [-0.4, -0.2) is 63.3 Å². The summed E-state index contributed by atoms with van der Waals surface area (Å²) in [6.07, 6.45) is 3.05. The van der Waals surface area contributed by atoms with Gasteiger partial charge in [-0.25, -0.2) is 9.37 Å². The minimum absolute atomic E-state index is 0.0159. The molecule has 1 atom stereocenters. The second-order valence-electron chi connectivity index (χ2n) is 8.50. The maximum atomic E-state index is 14.5. The van der Waals surface area contributed by atoms with Gasteiger partial charge >= 0.3 is 0 Å². The van der Waals surface area contributed by atoms with E-state index in [2.05, 4.69) is 22.2 Å². The van der Waals surface area contributed by atoms with Gasteiger partial charge in [0, 0.05) is 19.7 Å². The summed E-state index contributed by atoms with van der Waals surface area (Å²) in [7, 11) is 3.34. The first-order chi connectivity index (χ1) is 16.9. The van der Waals surface area contributed by atoms with Gasteiger partial charge in [-0.15, -0.1) is 0 Å². The zero-order valence-corrected chi connectivity index (χ0v) is 20.0. The molecule has 2 N–H and O–H groups in total. The molecule has 1 aromatic heterocycles. The van der Waals surface area contributed by atoms with Crippen LogP contribution in [0.3, 0.4) is 0 Å². The lowest BCUT2D eigenvalue weighted by Crippen LogP contribution is -2.33. The van der Waals surface area contributed by atoms with Gasteiger partial charge in [0.25, 0.3) is 5.91 Å². The number of ether oxygens (including phenoxy) is 2. The molecule has 0 fully saturated rings. The fraction of sp³-hybridized carbons (Fsp3) is 0.400. The van der Waals surface area contributed by atoms with Crippen molar-refractivity contribution < 1.29 is 23.5 Å². The predicted octanol–water partition coefficient (Wildman–Crippen LogP) is 2.26. The van der Waals surface area contributed by atoms with Crippen molar-refractivity contribution in [3.05, 3.63) is 54.0 Å². The van der Waals surface area contributed by atoms with E-state index in [4.69, 9.17) is 9.47 Å². The topological polar surface area (TPSA) is 96.0 Å². The summed E-state index contributed by atoms with van der Waals surface area (Å²) in [4.78, 5) is 31.5. The minimum Gasteiger partial charge on any atom is -0.480 e. The van der Waals surface area contributed by atoms with Crippen molar-refractivity contribution in [2.45, 2.75) is 25.4 Å². The fourth-order valence-corrected chi connectivity index (χ4v) is 4.34. The molecule has 0 radical (unpaired) electrons. The second kappa shape index (κ2) is 10.8. The first-order valence-electron chi connectivity index (χ1n) is 11.5. The van der Waals surface area contributed by atoms with Crippen LogP contribution < -0.4 is 25.2 Å². The number of nitrogens with one attached hydrogen (secondary N) is 2. The Hall–Kier alpha value is -3.50. The average molecular weight is 484 g/mol. The molecule has 0 saturated heterocycles. The normalized spacial score (nSPS) is 15.2. The summed E-state index contributed by atoms with van der Waals surface area (Å²) in [6.45, 7) is 5.60. The fourth-order valence-electron chi connectivity index (χ4n) is 4.34. The van der Waals surface area contributed by atoms with Crippen molar-refractivity contribution in [1.29, 1.82) is 0 Å². The molecule has 0 saturated carbocycles. The Morgan fingerprint density at radius 1 is 1.34 bits per heavy atom. The first-order valence-corrected chi connectivity index (χ1v) is 11.5. The van der Waals surface area contributed by atoms with E-state index in [-0.39, 0.29) is 30.3 Å². The van der Waals surface area contributed by atoms with Crippen LogP contribution in [-0.2, 0) is 27.2 Å². The van der Waals surface area contributed by atoms with E-state index in [9.17, 15) is 14.0 Å². The number of carbonyl (C=O) groups is 2. The molecule has 10 heteroatoms. The number of methoxy groups -OCH3 is 1. The van der Waals surface area contributed by atoms with E-state index in [1.807, 2.05) is 4.90 Å². The highest BCUT2D eigenvalue weighted by Gasteiger charge is 2.28. The third-order valence-corrected chi connectivity index (χ3v) is 6.26. The molecule has 0 spiro atoms. The molecule has 2 aliphatic heterocycles. The molecule has 9 nitrogen and oxygen atoms in total. The number of pyridine rings is 1. The summed E-state index contributed by atoms with van der Waals surface area (Å²) >= 11 is 0. The molecular weight excluding hydrogens is 453 g/mol. The number of carbonyl (C=O) groups excluding carboxylic acids is 2. The van der Waals surface area contributed by atoms with Crippen molar-refractivity contribution in [2.24, 2.45) is 0 Å². The Bertz CT molecular complexity index is 1130. The molecular formula is C25H30FN5O4. The van der Waals surface area contributed by atoms with Gasteiger partial charge in [0.2, 0.25) is 5.91 Å². The monoisotopic (exact) mass is 483 g/mol. The quantitative estimate of drug-likeness (QED) is 0.474. The van der Waals surface area contributed by atoms with Gasteiger partial charge in [0.05, 0.1) is 24.8 Å². The summed E-state index contributed by atoms with van der Waals surface area (Å²) in [6, 6.07) is 6.70. The van der Waals surface area contributed by atoms with Crippen LogP contribution in [0.2, 0.25) is 0 Å². The number of halogens is 1. The van der Waals surface area contributed by atoms with E-state index in [0.29, 0.717) is 67.5 Å². The number of hydrogen-bond donors (Lipinski definition) is 2. The van der Waals surface area contributed by atoms with Crippen LogP contribution >= 0.6 is 0 Å². The minimum atomic E-state index is -0.289. The molecule has 0 aliphatic carbocycles. The Morgan fingerprint density at radius 3 is 2.94 bits per heavy atom.